The molecule has 1 saturated heterocycles. The van der Waals surface area contributed by atoms with E-state index < -0.39 is 16.1 Å². The van der Waals surface area contributed by atoms with Gasteiger partial charge in [-0.15, -0.1) is 0 Å². The van der Waals surface area contributed by atoms with Crippen molar-refractivity contribution in [3.05, 3.63) is 54.1 Å². The van der Waals surface area contributed by atoms with Gasteiger partial charge in [0, 0.05) is 12.6 Å². The minimum atomic E-state index is -3.47. The lowest BCUT2D eigenvalue weighted by atomic mass is 10.1. The number of thiazole rings is 1. The van der Waals surface area contributed by atoms with Gasteiger partial charge in [-0.1, -0.05) is 41.7 Å². The fourth-order valence-corrected chi connectivity index (χ4v) is 5.78. The first-order valence-electron chi connectivity index (χ1n) is 9.63. The van der Waals surface area contributed by atoms with Crippen molar-refractivity contribution >= 4 is 42.6 Å². The molecule has 4 rings (SSSR count). The molecule has 0 N–H and O–H groups in total. The van der Waals surface area contributed by atoms with Crippen molar-refractivity contribution in [3.8, 4) is 5.75 Å². The number of hydrogen-bond donors (Lipinski definition) is 0. The molecular formula is C21H23N3O4S2. The predicted molar refractivity (Wildman–Crippen MR) is 118 cm³/mol. The quantitative estimate of drug-likeness (QED) is 0.582. The van der Waals surface area contributed by atoms with E-state index in [0.717, 1.165) is 22.0 Å². The number of anilines is 1. The van der Waals surface area contributed by atoms with E-state index in [1.54, 1.807) is 12.0 Å². The molecule has 1 atom stereocenters. The van der Waals surface area contributed by atoms with Crippen LogP contribution in [-0.4, -0.2) is 49.6 Å². The fourth-order valence-electron chi connectivity index (χ4n) is 3.71. The van der Waals surface area contributed by atoms with Gasteiger partial charge in [-0.3, -0.25) is 9.69 Å². The van der Waals surface area contributed by atoms with Crippen molar-refractivity contribution in [2.24, 2.45) is 0 Å². The van der Waals surface area contributed by atoms with Crippen molar-refractivity contribution < 1.29 is 17.9 Å². The molecule has 2 heterocycles. The SMILES string of the molecule is COc1ccc2sc(N(Cc3ccccc3)C(=O)C3CCCN3S(C)(=O)=O)nc2c1. The van der Waals surface area contributed by atoms with Gasteiger partial charge in [-0.2, -0.15) is 4.31 Å². The normalized spacial score (nSPS) is 17.3. The summed E-state index contributed by atoms with van der Waals surface area (Å²) >= 11 is 1.41. The average Bonchev–Trinajstić information content (AvgIpc) is 3.38. The summed E-state index contributed by atoms with van der Waals surface area (Å²) in [4.78, 5) is 19.9. The monoisotopic (exact) mass is 445 g/mol. The molecule has 1 unspecified atom stereocenters. The molecule has 2 aromatic carbocycles. The van der Waals surface area contributed by atoms with Crippen LogP contribution in [0.5, 0.6) is 5.75 Å². The van der Waals surface area contributed by atoms with Gasteiger partial charge < -0.3 is 4.74 Å². The van der Waals surface area contributed by atoms with Gasteiger partial charge in [-0.05, 0) is 30.5 Å². The topological polar surface area (TPSA) is 79.8 Å². The summed E-state index contributed by atoms with van der Waals surface area (Å²) in [7, 11) is -1.87. The number of ether oxygens (including phenoxy) is 1. The van der Waals surface area contributed by atoms with Gasteiger partial charge >= 0.3 is 0 Å². The van der Waals surface area contributed by atoms with Crippen LogP contribution in [0.1, 0.15) is 18.4 Å². The third-order valence-electron chi connectivity index (χ3n) is 5.18. The van der Waals surface area contributed by atoms with Crippen LogP contribution in [0.3, 0.4) is 0 Å². The smallest absolute Gasteiger partial charge is 0.247 e. The standard InChI is InChI=1S/C21H23N3O4S2/c1-28-16-10-11-19-17(13-16)22-21(29-19)23(14-15-7-4-3-5-8-15)20(25)18-9-6-12-24(18)30(2,26)27/h3-5,7-8,10-11,13,18H,6,9,12,14H2,1-2H3. The van der Waals surface area contributed by atoms with Crippen LogP contribution < -0.4 is 9.64 Å². The van der Waals surface area contributed by atoms with Gasteiger partial charge in [0.2, 0.25) is 15.9 Å². The first-order chi connectivity index (χ1) is 14.4. The molecule has 30 heavy (non-hydrogen) atoms. The maximum absolute atomic E-state index is 13.6. The van der Waals surface area contributed by atoms with E-state index in [-0.39, 0.29) is 5.91 Å². The highest BCUT2D eigenvalue weighted by Gasteiger charge is 2.39. The number of benzene rings is 2. The van der Waals surface area contributed by atoms with Crippen molar-refractivity contribution in [2.45, 2.75) is 25.4 Å². The average molecular weight is 446 g/mol. The van der Waals surface area contributed by atoms with Crippen LogP contribution in [0.15, 0.2) is 48.5 Å². The number of sulfonamides is 1. The zero-order chi connectivity index (χ0) is 21.3. The van der Waals surface area contributed by atoms with E-state index in [4.69, 9.17) is 4.74 Å². The summed E-state index contributed by atoms with van der Waals surface area (Å²) in [6.45, 7) is 0.691. The summed E-state index contributed by atoms with van der Waals surface area (Å²) < 4.78 is 31.9. The number of amides is 1. The van der Waals surface area contributed by atoms with Crippen LogP contribution in [0.25, 0.3) is 10.2 Å². The predicted octanol–water partition coefficient (Wildman–Crippen LogP) is 3.26. The Labute approximate surface area is 179 Å². The minimum Gasteiger partial charge on any atom is -0.497 e. The van der Waals surface area contributed by atoms with Gasteiger partial charge in [0.15, 0.2) is 5.13 Å². The number of rotatable bonds is 6. The maximum atomic E-state index is 13.6. The molecule has 1 aliphatic rings. The Hall–Kier alpha value is -2.49. The molecule has 1 amide bonds. The summed E-state index contributed by atoms with van der Waals surface area (Å²) in [6, 6.07) is 14.5. The number of hydrogen-bond acceptors (Lipinski definition) is 6. The third kappa shape index (κ3) is 4.19. The molecule has 0 spiro atoms. The van der Waals surface area contributed by atoms with Crippen molar-refractivity contribution in [1.82, 2.24) is 9.29 Å². The zero-order valence-corrected chi connectivity index (χ0v) is 18.4. The van der Waals surface area contributed by atoms with Gasteiger partial charge in [-0.25, -0.2) is 13.4 Å². The van der Waals surface area contributed by atoms with E-state index in [1.165, 1.54) is 15.6 Å². The highest BCUT2D eigenvalue weighted by atomic mass is 32.2. The second-order valence-electron chi connectivity index (χ2n) is 7.27. The summed E-state index contributed by atoms with van der Waals surface area (Å²) in [6.07, 6.45) is 2.33. The number of fused-ring (bicyclic) bond motifs is 1. The van der Waals surface area contributed by atoms with E-state index >= 15 is 0 Å². The van der Waals surface area contributed by atoms with Crippen LogP contribution in [0, 0.1) is 0 Å². The summed E-state index contributed by atoms with van der Waals surface area (Å²) in [5.41, 5.74) is 1.69. The van der Waals surface area contributed by atoms with E-state index in [9.17, 15) is 13.2 Å². The van der Waals surface area contributed by atoms with Crippen molar-refractivity contribution in [3.63, 3.8) is 0 Å². The minimum absolute atomic E-state index is 0.243. The van der Waals surface area contributed by atoms with Gasteiger partial charge in [0.25, 0.3) is 0 Å². The molecule has 0 aliphatic carbocycles. The highest BCUT2D eigenvalue weighted by Crippen LogP contribution is 2.34. The Morgan fingerprint density at radius 3 is 2.73 bits per heavy atom. The number of nitrogens with zero attached hydrogens (tertiary/aromatic N) is 3. The van der Waals surface area contributed by atoms with Crippen LogP contribution in [0.4, 0.5) is 5.13 Å². The Balaban J connectivity index is 1.74. The van der Waals surface area contributed by atoms with E-state index in [1.807, 2.05) is 48.5 Å². The molecular weight excluding hydrogens is 422 g/mol. The largest absolute Gasteiger partial charge is 0.497 e. The zero-order valence-electron chi connectivity index (χ0n) is 16.8. The van der Waals surface area contributed by atoms with Gasteiger partial charge in [0.1, 0.15) is 11.8 Å². The number of aromatic nitrogens is 1. The second-order valence-corrected chi connectivity index (χ2v) is 10.2. The number of methoxy groups -OCH3 is 1. The summed E-state index contributed by atoms with van der Waals surface area (Å²) in [5, 5.41) is 0.549. The van der Waals surface area contributed by atoms with Crippen LogP contribution in [-0.2, 0) is 21.4 Å². The third-order valence-corrected chi connectivity index (χ3v) is 7.53. The molecule has 0 saturated carbocycles. The van der Waals surface area contributed by atoms with E-state index in [2.05, 4.69) is 4.98 Å². The first kappa shape index (κ1) is 20.8. The van der Waals surface area contributed by atoms with Gasteiger partial charge in [0.05, 0.1) is 30.1 Å². The molecule has 158 valence electrons. The molecule has 0 bridgehead atoms. The molecule has 0 radical (unpaired) electrons. The lowest BCUT2D eigenvalue weighted by molar-refractivity contribution is -0.121. The number of carbonyl (C=O) groups excluding carboxylic acids is 1. The van der Waals surface area contributed by atoms with Crippen LogP contribution >= 0.6 is 11.3 Å². The lowest BCUT2D eigenvalue weighted by Gasteiger charge is -2.27. The molecule has 9 heteroatoms. The van der Waals surface area contributed by atoms with E-state index in [0.29, 0.717) is 36.8 Å². The molecule has 7 nitrogen and oxygen atoms in total. The van der Waals surface area contributed by atoms with Crippen molar-refractivity contribution in [1.29, 1.82) is 0 Å². The van der Waals surface area contributed by atoms with Crippen molar-refractivity contribution in [2.75, 3.05) is 24.8 Å². The fraction of sp³-hybridized carbons (Fsp3) is 0.333. The molecule has 1 aromatic heterocycles. The Morgan fingerprint density at radius 1 is 1.27 bits per heavy atom. The van der Waals surface area contributed by atoms with Crippen LogP contribution in [0.2, 0.25) is 0 Å². The Kier molecular flexibility index (Phi) is 5.77. The molecule has 3 aromatic rings. The maximum Gasteiger partial charge on any atom is 0.247 e. The Bertz CT molecular complexity index is 1160. The molecule has 1 aliphatic heterocycles. The second kappa shape index (κ2) is 8.33. The first-order valence-corrected chi connectivity index (χ1v) is 12.3. The number of carbonyl (C=O) groups is 1. The highest BCUT2D eigenvalue weighted by molar-refractivity contribution is 7.88. The Morgan fingerprint density at radius 2 is 2.03 bits per heavy atom. The lowest BCUT2D eigenvalue weighted by Crippen LogP contribution is -2.47. The molecule has 1 fully saturated rings. The summed E-state index contributed by atoms with van der Waals surface area (Å²) in [5.74, 6) is 0.451.